The monoisotopic (exact) mass is 431 g/mol. The maximum atomic E-state index is 13.6. The molecule has 3 heterocycles. The van der Waals surface area contributed by atoms with Crippen LogP contribution in [0.25, 0.3) is 11.1 Å². The zero-order chi connectivity index (χ0) is 22.8. The summed E-state index contributed by atoms with van der Waals surface area (Å²) in [5, 5.41) is 3.15. The van der Waals surface area contributed by atoms with Gasteiger partial charge >= 0.3 is 0 Å². The third kappa shape index (κ3) is 4.48. The molecule has 32 heavy (non-hydrogen) atoms. The second kappa shape index (κ2) is 8.67. The molecule has 0 spiro atoms. The van der Waals surface area contributed by atoms with E-state index in [1.807, 2.05) is 36.4 Å². The highest BCUT2D eigenvalue weighted by Gasteiger charge is 2.41. The third-order valence-corrected chi connectivity index (χ3v) is 6.01. The van der Waals surface area contributed by atoms with Crippen LogP contribution in [0.5, 0.6) is 0 Å². The summed E-state index contributed by atoms with van der Waals surface area (Å²) in [5.74, 6) is 0.226. The molecule has 1 amide bonds. The molecule has 0 bridgehead atoms. The first-order valence-corrected chi connectivity index (χ1v) is 10.8. The van der Waals surface area contributed by atoms with Gasteiger partial charge in [0.15, 0.2) is 0 Å². The lowest BCUT2D eigenvalue weighted by molar-refractivity contribution is -0.125. The Morgan fingerprint density at radius 3 is 2.28 bits per heavy atom. The average Bonchev–Trinajstić information content (AvgIpc) is 2.80. The minimum atomic E-state index is -0.653. The highest BCUT2D eigenvalue weighted by atomic mass is 16.5. The molecule has 0 atom stereocenters. The second-order valence-electron chi connectivity index (χ2n) is 9.24. The van der Waals surface area contributed by atoms with E-state index in [4.69, 9.17) is 10.5 Å². The maximum absolute atomic E-state index is 13.6. The fraction of sp³-hybridized carbons (Fsp3) is 0.360. The van der Waals surface area contributed by atoms with Crippen molar-refractivity contribution in [2.75, 3.05) is 24.3 Å². The number of ether oxygens (including phenoxy) is 1. The number of carbonyl (C=O) groups excluding carboxylic acids is 1. The summed E-state index contributed by atoms with van der Waals surface area (Å²) in [6.07, 6.45) is 6.39. The summed E-state index contributed by atoms with van der Waals surface area (Å²) >= 11 is 0. The van der Waals surface area contributed by atoms with Gasteiger partial charge in [0.05, 0.1) is 5.41 Å². The lowest BCUT2D eigenvalue weighted by Gasteiger charge is -2.36. The summed E-state index contributed by atoms with van der Waals surface area (Å²) in [7, 11) is 0. The highest BCUT2D eigenvalue weighted by molar-refractivity contribution is 5.99. The van der Waals surface area contributed by atoms with Crippen molar-refractivity contribution >= 4 is 17.5 Å². The Morgan fingerprint density at radius 2 is 1.66 bits per heavy atom. The van der Waals surface area contributed by atoms with Crippen LogP contribution < -0.4 is 11.1 Å². The van der Waals surface area contributed by atoms with E-state index in [9.17, 15) is 4.79 Å². The number of carbonyl (C=O) groups is 1. The molecule has 1 aliphatic heterocycles. The number of nitrogens with one attached hydrogen (secondary N) is 1. The normalized spacial score (nSPS) is 15.8. The van der Waals surface area contributed by atoms with Crippen LogP contribution in [0.1, 0.15) is 44.9 Å². The number of nitrogens with zero attached hydrogens (tertiary/aromatic N) is 3. The number of rotatable bonds is 4. The van der Waals surface area contributed by atoms with Gasteiger partial charge in [0.2, 0.25) is 11.9 Å². The highest BCUT2D eigenvalue weighted by Crippen LogP contribution is 2.37. The van der Waals surface area contributed by atoms with Crippen molar-refractivity contribution in [1.82, 2.24) is 15.0 Å². The average molecular weight is 432 g/mol. The number of nitrogens with two attached hydrogens (primary N) is 1. The summed E-state index contributed by atoms with van der Waals surface area (Å²) in [6.45, 7) is 7.41. The maximum Gasteiger partial charge on any atom is 0.235 e. The zero-order valence-corrected chi connectivity index (χ0v) is 18.8. The Hall–Kier alpha value is -3.32. The van der Waals surface area contributed by atoms with Gasteiger partial charge in [-0.1, -0.05) is 45.0 Å². The van der Waals surface area contributed by atoms with E-state index in [-0.39, 0.29) is 17.3 Å². The smallest absolute Gasteiger partial charge is 0.235 e. The van der Waals surface area contributed by atoms with E-state index < -0.39 is 5.41 Å². The summed E-state index contributed by atoms with van der Waals surface area (Å²) < 4.78 is 5.60. The van der Waals surface area contributed by atoms with Crippen LogP contribution >= 0.6 is 0 Å². The predicted molar refractivity (Wildman–Crippen MR) is 125 cm³/mol. The molecule has 166 valence electrons. The van der Waals surface area contributed by atoms with Gasteiger partial charge in [-0.2, -0.15) is 0 Å². The molecule has 1 aromatic carbocycles. The lowest BCUT2D eigenvalue weighted by Crippen LogP contribution is -2.44. The summed E-state index contributed by atoms with van der Waals surface area (Å²) in [6, 6.07) is 11.8. The molecule has 1 fully saturated rings. The standard InChI is InChI=1S/C25H29N5O2/c1-24(2,3)21-14-20(8-11-27-21)30-22(31)25(9-12-32-13-10-25)19-6-4-17(5-7-19)18-15-28-23(26)29-16-18/h4-8,11,14-16H,9-10,12-13H2,1-3H3,(H2,26,28,29)(H,27,30,31). The molecule has 1 saturated heterocycles. The van der Waals surface area contributed by atoms with E-state index in [1.54, 1.807) is 18.6 Å². The molecule has 3 N–H and O–H groups in total. The first kappa shape index (κ1) is 21.9. The summed E-state index contributed by atoms with van der Waals surface area (Å²) in [4.78, 5) is 26.2. The quantitative estimate of drug-likeness (QED) is 0.644. The molecule has 3 aromatic rings. The molecule has 7 heteroatoms. The van der Waals surface area contributed by atoms with Gasteiger partial charge in [-0.05, 0) is 36.1 Å². The molecule has 0 saturated carbocycles. The Kier molecular flexibility index (Phi) is 5.93. The molecule has 0 unspecified atom stereocenters. The lowest BCUT2D eigenvalue weighted by atomic mass is 9.73. The van der Waals surface area contributed by atoms with E-state index in [1.165, 1.54) is 0 Å². The van der Waals surface area contributed by atoms with Gasteiger partial charge < -0.3 is 15.8 Å². The number of aromatic nitrogens is 3. The van der Waals surface area contributed by atoms with E-state index in [0.29, 0.717) is 26.1 Å². The van der Waals surface area contributed by atoms with Crippen LogP contribution in [0.15, 0.2) is 55.0 Å². The number of benzene rings is 1. The molecule has 0 aliphatic carbocycles. The molecule has 4 rings (SSSR count). The SMILES string of the molecule is CC(C)(C)c1cc(NC(=O)C2(c3ccc(-c4cnc(N)nc4)cc3)CCOCC2)ccn1. The van der Waals surface area contributed by atoms with Crippen LogP contribution in [0.4, 0.5) is 11.6 Å². The van der Waals surface area contributed by atoms with Crippen LogP contribution in [0, 0.1) is 0 Å². The number of hydrogen-bond acceptors (Lipinski definition) is 6. The van der Waals surface area contributed by atoms with Gasteiger partial charge in [-0.3, -0.25) is 9.78 Å². The number of anilines is 2. The van der Waals surface area contributed by atoms with Crippen molar-refractivity contribution in [1.29, 1.82) is 0 Å². The fourth-order valence-corrected chi connectivity index (χ4v) is 4.00. The minimum absolute atomic E-state index is 0.0181. The van der Waals surface area contributed by atoms with Crippen molar-refractivity contribution < 1.29 is 9.53 Å². The Labute approximate surface area is 188 Å². The summed E-state index contributed by atoms with van der Waals surface area (Å²) in [5.41, 5.74) is 9.36. The third-order valence-electron chi connectivity index (χ3n) is 6.01. The molecular weight excluding hydrogens is 402 g/mol. The van der Waals surface area contributed by atoms with Crippen molar-refractivity contribution in [3.05, 3.63) is 66.2 Å². The minimum Gasteiger partial charge on any atom is -0.381 e. The van der Waals surface area contributed by atoms with Crippen LogP contribution in [0.2, 0.25) is 0 Å². The Balaban J connectivity index is 1.62. The van der Waals surface area contributed by atoms with Crippen molar-refractivity contribution in [2.24, 2.45) is 0 Å². The molecule has 2 aromatic heterocycles. The zero-order valence-electron chi connectivity index (χ0n) is 18.8. The number of amides is 1. The fourth-order valence-electron chi connectivity index (χ4n) is 4.00. The Morgan fingerprint density at radius 1 is 1.00 bits per heavy atom. The van der Waals surface area contributed by atoms with Gasteiger partial charge in [0.25, 0.3) is 0 Å². The van der Waals surface area contributed by atoms with E-state index >= 15 is 0 Å². The first-order valence-electron chi connectivity index (χ1n) is 10.8. The number of hydrogen-bond donors (Lipinski definition) is 2. The van der Waals surface area contributed by atoms with E-state index in [0.717, 1.165) is 28.1 Å². The van der Waals surface area contributed by atoms with Gasteiger partial charge in [0.1, 0.15) is 0 Å². The first-order chi connectivity index (χ1) is 15.3. The molecule has 1 aliphatic rings. The van der Waals surface area contributed by atoms with Gasteiger partial charge in [0, 0.05) is 54.2 Å². The largest absolute Gasteiger partial charge is 0.381 e. The van der Waals surface area contributed by atoms with Crippen molar-refractivity contribution in [3.63, 3.8) is 0 Å². The molecule has 7 nitrogen and oxygen atoms in total. The predicted octanol–water partition coefficient (Wildman–Crippen LogP) is 4.11. The van der Waals surface area contributed by atoms with Crippen molar-refractivity contribution in [2.45, 2.75) is 44.4 Å². The Bertz CT molecular complexity index is 1080. The second-order valence-corrected chi connectivity index (χ2v) is 9.24. The van der Waals surface area contributed by atoms with Crippen LogP contribution in [-0.4, -0.2) is 34.1 Å². The van der Waals surface area contributed by atoms with Crippen LogP contribution in [0.3, 0.4) is 0 Å². The van der Waals surface area contributed by atoms with Crippen molar-refractivity contribution in [3.8, 4) is 11.1 Å². The molecule has 0 radical (unpaired) electrons. The molecular formula is C25H29N5O2. The van der Waals surface area contributed by atoms with Gasteiger partial charge in [-0.15, -0.1) is 0 Å². The number of pyridine rings is 1. The van der Waals surface area contributed by atoms with Crippen LogP contribution in [-0.2, 0) is 20.4 Å². The number of nitrogen functional groups attached to an aromatic ring is 1. The van der Waals surface area contributed by atoms with Gasteiger partial charge in [-0.25, -0.2) is 9.97 Å². The topological polar surface area (TPSA) is 103 Å². The van der Waals surface area contributed by atoms with E-state index in [2.05, 4.69) is 41.0 Å².